The van der Waals surface area contributed by atoms with E-state index in [0.29, 0.717) is 11.5 Å². The highest BCUT2D eigenvalue weighted by atomic mass is 16.4. The number of imidazole rings is 1. The summed E-state index contributed by atoms with van der Waals surface area (Å²) in [4.78, 5) is 21.3. The molecule has 0 spiro atoms. The van der Waals surface area contributed by atoms with Crippen LogP contribution in [-0.4, -0.2) is 39.0 Å². The van der Waals surface area contributed by atoms with Crippen LogP contribution in [0.25, 0.3) is 0 Å². The number of carbonyl (C=O) groups is 1. The number of aryl methyl sites for hydroxylation is 1. The number of H-pyrrole nitrogens is 1. The fourth-order valence-corrected chi connectivity index (χ4v) is 3.54. The van der Waals surface area contributed by atoms with Gasteiger partial charge in [-0.15, -0.1) is 0 Å². The highest BCUT2D eigenvalue weighted by molar-refractivity contribution is 5.87. The molecular formula is C20H27N3O2. The Balaban J connectivity index is 1.48. The van der Waals surface area contributed by atoms with Crippen molar-refractivity contribution in [3.8, 4) is 0 Å². The van der Waals surface area contributed by atoms with Crippen molar-refractivity contribution in [2.45, 2.75) is 45.6 Å². The molecule has 0 aliphatic carbocycles. The van der Waals surface area contributed by atoms with Crippen molar-refractivity contribution in [1.29, 1.82) is 0 Å². The van der Waals surface area contributed by atoms with Gasteiger partial charge >= 0.3 is 5.97 Å². The SMILES string of the molecule is CCCCc1ncc(CN2CC[C@H](Cc3ccc(C(=O)O)cc3)C2)[nH]1. The molecule has 2 heterocycles. The number of hydrogen-bond donors (Lipinski definition) is 2. The molecule has 5 nitrogen and oxygen atoms in total. The lowest BCUT2D eigenvalue weighted by Gasteiger charge is -2.15. The first-order valence-electron chi connectivity index (χ1n) is 9.21. The number of nitrogens with zero attached hydrogens (tertiary/aromatic N) is 2. The Labute approximate surface area is 149 Å². The van der Waals surface area contributed by atoms with Crippen molar-refractivity contribution in [1.82, 2.24) is 14.9 Å². The van der Waals surface area contributed by atoms with Crippen LogP contribution in [0.2, 0.25) is 0 Å². The van der Waals surface area contributed by atoms with E-state index in [1.165, 1.54) is 30.5 Å². The maximum absolute atomic E-state index is 10.9. The van der Waals surface area contributed by atoms with Gasteiger partial charge in [0.25, 0.3) is 0 Å². The third-order valence-electron chi connectivity index (χ3n) is 4.94. The van der Waals surface area contributed by atoms with Gasteiger partial charge in [0.05, 0.1) is 5.56 Å². The van der Waals surface area contributed by atoms with Crippen molar-refractivity contribution in [2.75, 3.05) is 13.1 Å². The maximum Gasteiger partial charge on any atom is 0.335 e. The van der Waals surface area contributed by atoms with Gasteiger partial charge in [-0.1, -0.05) is 25.5 Å². The van der Waals surface area contributed by atoms with Crippen molar-refractivity contribution in [3.63, 3.8) is 0 Å². The number of aromatic carboxylic acids is 1. The van der Waals surface area contributed by atoms with Crippen LogP contribution in [0.5, 0.6) is 0 Å². The van der Waals surface area contributed by atoms with Crippen LogP contribution in [0.3, 0.4) is 0 Å². The molecule has 0 bridgehead atoms. The Hall–Kier alpha value is -2.14. The molecular weight excluding hydrogens is 314 g/mol. The van der Waals surface area contributed by atoms with Gasteiger partial charge in [0, 0.05) is 31.4 Å². The number of nitrogens with one attached hydrogen (secondary N) is 1. The van der Waals surface area contributed by atoms with E-state index in [1.807, 2.05) is 18.3 Å². The lowest BCUT2D eigenvalue weighted by molar-refractivity contribution is 0.0697. The highest BCUT2D eigenvalue weighted by Crippen LogP contribution is 2.22. The molecule has 0 saturated carbocycles. The van der Waals surface area contributed by atoms with E-state index in [9.17, 15) is 4.79 Å². The van der Waals surface area contributed by atoms with E-state index in [1.54, 1.807) is 12.1 Å². The molecule has 1 aliphatic heterocycles. The van der Waals surface area contributed by atoms with E-state index < -0.39 is 5.97 Å². The molecule has 134 valence electrons. The zero-order valence-electron chi connectivity index (χ0n) is 14.9. The summed E-state index contributed by atoms with van der Waals surface area (Å²) in [5, 5.41) is 8.97. The molecule has 0 unspecified atom stereocenters. The van der Waals surface area contributed by atoms with Gasteiger partial charge < -0.3 is 10.1 Å². The van der Waals surface area contributed by atoms with Crippen molar-refractivity contribution < 1.29 is 9.90 Å². The van der Waals surface area contributed by atoms with Crippen molar-refractivity contribution in [3.05, 3.63) is 53.1 Å². The summed E-state index contributed by atoms with van der Waals surface area (Å²) in [5.74, 6) is 0.876. The summed E-state index contributed by atoms with van der Waals surface area (Å²) in [5.41, 5.74) is 2.78. The molecule has 2 N–H and O–H groups in total. The molecule has 1 fully saturated rings. The Kier molecular flexibility index (Phi) is 5.87. The number of carboxylic acids is 1. The summed E-state index contributed by atoms with van der Waals surface area (Å²) in [6.45, 7) is 5.34. The number of carboxylic acid groups (broad SMARTS) is 1. The lowest BCUT2D eigenvalue weighted by atomic mass is 9.98. The summed E-state index contributed by atoms with van der Waals surface area (Å²) in [6, 6.07) is 7.29. The molecule has 25 heavy (non-hydrogen) atoms. The maximum atomic E-state index is 10.9. The number of benzene rings is 1. The second-order valence-electron chi connectivity index (χ2n) is 7.05. The minimum absolute atomic E-state index is 0.356. The average molecular weight is 341 g/mol. The van der Waals surface area contributed by atoms with Gasteiger partial charge in [-0.3, -0.25) is 4.90 Å². The third kappa shape index (κ3) is 4.92. The predicted molar refractivity (Wildman–Crippen MR) is 97.7 cm³/mol. The number of aromatic amines is 1. The molecule has 1 aromatic heterocycles. The van der Waals surface area contributed by atoms with Gasteiger partial charge in [-0.2, -0.15) is 0 Å². The lowest BCUT2D eigenvalue weighted by Crippen LogP contribution is -2.20. The van der Waals surface area contributed by atoms with Gasteiger partial charge in [0.15, 0.2) is 0 Å². The molecule has 5 heteroatoms. The minimum Gasteiger partial charge on any atom is -0.478 e. The van der Waals surface area contributed by atoms with E-state index in [2.05, 4.69) is 21.8 Å². The van der Waals surface area contributed by atoms with Crippen LogP contribution in [0.1, 0.15) is 53.6 Å². The molecule has 1 aliphatic rings. The van der Waals surface area contributed by atoms with Crippen LogP contribution in [0.4, 0.5) is 0 Å². The van der Waals surface area contributed by atoms with Crippen LogP contribution in [0, 0.1) is 5.92 Å². The second kappa shape index (κ2) is 8.30. The summed E-state index contributed by atoms with van der Waals surface area (Å²) >= 11 is 0. The Morgan fingerprint density at radius 2 is 2.16 bits per heavy atom. The number of hydrogen-bond acceptors (Lipinski definition) is 3. The summed E-state index contributed by atoms with van der Waals surface area (Å²) in [6.07, 6.45) is 7.59. The molecule has 2 aromatic rings. The number of aromatic nitrogens is 2. The monoisotopic (exact) mass is 341 g/mol. The van der Waals surface area contributed by atoms with E-state index in [0.717, 1.165) is 38.3 Å². The number of unbranched alkanes of at least 4 members (excludes halogenated alkanes) is 1. The van der Waals surface area contributed by atoms with Gasteiger partial charge in [0.1, 0.15) is 5.82 Å². The van der Waals surface area contributed by atoms with Crippen molar-refractivity contribution >= 4 is 5.97 Å². The first-order valence-corrected chi connectivity index (χ1v) is 9.21. The highest BCUT2D eigenvalue weighted by Gasteiger charge is 2.23. The van der Waals surface area contributed by atoms with E-state index >= 15 is 0 Å². The fraction of sp³-hybridized carbons (Fsp3) is 0.500. The van der Waals surface area contributed by atoms with Gasteiger partial charge in [-0.25, -0.2) is 9.78 Å². The van der Waals surface area contributed by atoms with Crippen LogP contribution in [-0.2, 0) is 19.4 Å². The number of rotatable bonds is 8. The standard InChI is InChI=1S/C20H27N3O2/c1-2-3-4-19-21-12-18(22-19)14-23-10-9-16(13-23)11-15-5-7-17(8-6-15)20(24)25/h5-8,12,16H,2-4,9-11,13-14H2,1H3,(H,21,22)(H,24,25)/t16-/m1/s1. The summed E-state index contributed by atoms with van der Waals surface area (Å²) in [7, 11) is 0. The topological polar surface area (TPSA) is 69.2 Å². The van der Waals surface area contributed by atoms with Crippen LogP contribution < -0.4 is 0 Å². The second-order valence-corrected chi connectivity index (χ2v) is 7.05. The van der Waals surface area contributed by atoms with E-state index in [4.69, 9.17) is 5.11 Å². The number of likely N-dealkylation sites (tertiary alicyclic amines) is 1. The molecule has 1 saturated heterocycles. The van der Waals surface area contributed by atoms with Crippen LogP contribution in [0.15, 0.2) is 30.5 Å². The predicted octanol–water partition coefficient (Wildman–Crippen LogP) is 3.52. The van der Waals surface area contributed by atoms with Gasteiger partial charge in [0.2, 0.25) is 0 Å². The quantitative estimate of drug-likeness (QED) is 0.771. The Bertz CT molecular complexity index is 693. The Morgan fingerprint density at radius 1 is 1.36 bits per heavy atom. The van der Waals surface area contributed by atoms with Crippen molar-refractivity contribution in [2.24, 2.45) is 5.92 Å². The van der Waals surface area contributed by atoms with Crippen LogP contribution >= 0.6 is 0 Å². The normalized spacial score (nSPS) is 17.9. The van der Waals surface area contributed by atoms with E-state index in [-0.39, 0.29) is 0 Å². The largest absolute Gasteiger partial charge is 0.478 e. The first-order chi connectivity index (χ1) is 12.1. The summed E-state index contributed by atoms with van der Waals surface area (Å²) < 4.78 is 0. The molecule has 0 radical (unpaired) electrons. The smallest absolute Gasteiger partial charge is 0.335 e. The first kappa shape index (κ1) is 17.7. The molecule has 0 amide bonds. The molecule has 3 rings (SSSR count). The third-order valence-corrected chi connectivity index (χ3v) is 4.94. The molecule has 1 atom stereocenters. The zero-order valence-corrected chi connectivity index (χ0v) is 14.9. The Morgan fingerprint density at radius 3 is 2.88 bits per heavy atom. The zero-order chi connectivity index (χ0) is 17.6. The minimum atomic E-state index is -0.864. The fourth-order valence-electron chi connectivity index (χ4n) is 3.54. The van der Waals surface area contributed by atoms with Gasteiger partial charge in [-0.05, 0) is 49.4 Å². The average Bonchev–Trinajstić information content (AvgIpc) is 3.23. The molecule has 1 aromatic carbocycles.